The average molecular weight is 323 g/mol. The summed E-state index contributed by atoms with van der Waals surface area (Å²) in [7, 11) is 1.61. The molecule has 0 unspecified atom stereocenters. The molecule has 0 fully saturated rings. The Morgan fingerprint density at radius 2 is 1.36 bits per heavy atom. The quantitative estimate of drug-likeness (QED) is 0.344. The van der Waals surface area contributed by atoms with Gasteiger partial charge in [0.2, 0.25) is 5.91 Å². The lowest BCUT2D eigenvalue weighted by Gasteiger charge is -2.07. The Morgan fingerprint density at radius 3 is 1.91 bits per heavy atom. The molecule has 0 bridgehead atoms. The van der Waals surface area contributed by atoms with Crippen molar-refractivity contribution in [1.29, 1.82) is 0 Å². The molecule has 0 aliphatic rings. The van der Waals surface area contributed by atoms with Gasteiger partial charge in [-0.1, -0.05) is 0 Å². The molecule has 0 saturated carbocycles. The number of carbonyl (C=O) groups excluding carboxylic acids is 1. The van der Waals surface area contributed by atoms with Gasteiger partial charge in [-0.3, -0.25) is 4.79 Å². The molecule has 9 nitrogen and oxygen atoms in total. The predicted octanol–water partition coefficient (Wildman–Crippen LogP) is -1.10. The molecule has 0 aromatic carbocycles. The number of carbonyl (C=O) groups is 2. The molecular formula is C13H25NO8. The van der Waals surface area contributed by atoms with Gasteiger partial charge in [-0.15, -0.1) is 0 Å². The van der Waals surface area contributed by atoms with Gasteiger partial charge in [0.1, 0.15) is 13.2 Å². The number of rotatable bonds is 16. The number of hydrogen-bond donors (Lipinski definition) is 2. The van der Waals surface area contributed by atoms with Crippen LogP contribution in [0.25, 0.3) is 0 Å². The Balaban J connectivity index is 3.13. The number of hydrogen-bond acceptors (Lipinski definition) is 7. The standard InChI is InChI=1S/C13H25NO8/c1-18-4-5-20-8-9-21-7-6-19-3-2-14-12(15)10-22-11-13(16)17/h2-11H2,1H3,(H,14,15)(H,16,17). The summed E-state index contributed by atoms with van der Waals surface area (Å²) in [5.74, 6) is -1.49. The molecule has 0 rings (SSSR count). The van der Waals surface area contributed by atoms with E-state index >= 15 is 0 Å². The fraction of sp³-hybridized carbons (Fsp3) is 0.846. The van der Waals surface area contributed by atoms with E-state index in [1.165, 1.54) is 0 Å². The summed E-state index contributed by atoms with van der Waals surface area (Å²) in [6.45, 7) is 2.89. The second-order valence-electron chi connectivity index (χ2n) is 4.07. The van der Waals surface area contributed by atoms with Crippen LogP contribution < -0.4 is 5.32 Å². The molecule has 0 aliphatic carbocycles. The van der Waals surface area contributed by atoms with Crippen LogP contribution in [-0.2, 0) is 33.3 Å². The molecule has 0 aliphatic heterocycles. The van der Waals surface area contributed by atoms with E-state index in [9.17, 15) is 9.59 Å². The molecule has 22 heavy (non-hydrogen) atoms. The lowest BCUT2D eigenvalue weighted by atomic mass is 10.6. The van der Waals surface area contributed by atoms with Crippen LogP contribution in [0.1, 0.15) is 0 Å². The number of methoxy groups -OCH3 is 1. The van der Waals surface area contributed by atoms with Crippen molar-refractivity contribution in [3.63, 3.8) is 0 Å². The highest BCUT2D eigenvalue weighted by molar-refractivity contribution is 5.77. The van der Waals surface area contributed by atoms with Crippen LogP contribution in [0.3, 0.4) is 0 Å². The summed E-state index contributed by atoms with van der Waals surface area (Å²) >= 11 is 0. The first-order valence-corrected chi connectivity index (χ1v) is 6.95. The normalized spacial score (nSPS) is 10.6. The zero-order chi connectivity index (χ0) is 16.5. The van der Waals surface area contributed by atoms with E-state index < -0.39 is 12.6 Å². The molecule has 0 atom stereocenters. The Bertz CT molecular complexity index is 287. The second kappa shape index (κ2) is 16.1. The molecule has 9 heteroatoms. The maximum atomic E-state index is 11.2. The first-order chi connectivity index (χ1) is 10.7. The number of ether oxygens (including phenoxy) is 5. The lowest BCUT2D eigenvalue weighted by molar-refractivity contribution is -0.143. The van der Waals surface area contributed by atoms with Crippen LogP contribution in [-0.4, -0.2) is 90.1 Å². The van der Waals surface area contributed by atoms with Gasteiger partial charge >= 0.3 is 5.97 Å². The van der Waals surface area contributed by atoms with Crippen molar-refractivity contribution in [3.05, 3.63) is 0 Å². The fourth-order valence-electron chi connectivity index (χ4n) is 1.23. The average Bonchev–Trinajstić information content (AvgIpc) is 2.48. The third-order valence-electron chi connectivity index (χ3n) is 2.20. The van der Waals surface area contributed by atoms with Crippen molar-refractivity contribution < 1.29 is 38.4 Å². The second-order valence-corrected chi connectivity index (χ2v) is 4.07. The topological polar surface area (TPSA) is 113 Å². The summed E-state index contributed by atoms with van der Waals surface area (Å²) < 4.78 is 25.2. The molecule has 0 saturated heterocycles. The fourth-order valence-corrected chi connectivity index (χ4v) is 1.23. The lowest BCUT2D eigenvalue weighted by Crippen LogP contribution is -2.31. The summed E-state index contributed by atoms with van der Waals surface area (Å²) in [4.78, 5) is 21.3. The first-order valence-electron chi connectivity index (χ1n) is 6.95. The predicted molar refractivity (Wildman–Crippen MR) is 75.8 cm³/mol. The van der Waals surface area contributed by atoms with Crippen molar-refractivity contribution in [2.45, 2.75) is 0 Å². The van der Waals surface area contributed by atoms with Crippen LogP contribution in [0.4, 0.5) is 0 Å². The highest BCUT2D eigenvalue weighted by atomic mass is 16.6. The maximum absolute atomic E-state index is 11.2. The molecule has 130 valence electrons. The number of amides is 1. The largest absolute Gasteiger partial charge is 0.480 e. The van der Waals surface area contributed by atoms with Gasteiger partial charge in [0.05, 0.1) is 46.2 Å². The molecular weight excluding hydrogens is 298 g/mol. The number of carboxylic acid groups (broad SMARTS) is 1. The monoisotopic (exact) mass is 323 g/mol. The van der Waals surface area contributed by atoms with Crippen LogP contribution in [0.15, 0.2) is 0 Å². The Hall–Kier alpha value is -1.26. The smallest absolute Gasteiger partial charge is 0.329 e. The van der Waals surface area contributed by atoms with Gasteiger partial charge in [0, 0.05) is 13.7 Å². The third kappa shape index (κ3) is 16.8. The van der Waals surface area contributed by atoms with E-state index in [1.54, 1.807) is 7.11 Å². The van der Waals surface area contributed by atoms with E-state index in [0.717, 1.165) is 0 Å². The van der Waals surface area contributed by atoms with E-state index in [0.29, 0.717) is 52.8 Å². The number of nitrogens with one attached hydrogen (secondary N) is 1. The van der Waals surface area contributed by atoms with Gasteiger partial charge in [0.15, 0.2) is 0 Å². The summed E-state index contributed by atoms with van der Waals surface area (Å²) in [6.07, 6.45) is 0. The van der Waals surface area contributed by atoms with Gasteiger partial charge in [0.25, 0.3) is 0 Å². The zero-order valence-corrected chi connectivity index (χ0v) is 12.9. The molecule has 0 spiro atoms. The zero-order valence-electron chi connectivity index (χ0n) is 12.9. The molecule has 0 heterocycles. The molecule has 0 aromatic heterocycles. The van der Waals surface area contributed by atoms with E-state index in [4.69, 9.17) is 24.1 Å². The minimum Gasteiger partial charge on any atom is -0.480 e. The highest BCUT2D eigenvalue weighted by Gasteiger charge is 2.02. The summed E-state index contributed by atoms with van der Waals surface area (Å²) in [5.41, 5.74) is 0. The Labute approximate surface area is 129 Å². The van der Waals surface area contributed by atoms with Crippen molar-refractivity contribution in [2.24, 2.45) is 0 Å². The van der Waals surface area contributed by atoms with Crippen molar-refractivity contribution in [3.8, 4) is 0 Å². The number of carboxylic acids is 1. The Kier molecular flexibility index (Phi) is 15.2. The molecule has 2 N–H and O–H groups in total. The molecule has 0 radical (unpaired) electrons. The van der Waals surface area contributed by atoms with Gasteiger partial charge < -0.3 is 34.1 Å². The van der Waals surface area contributed by atoms with E-state index in [-0.39, 0.29) is 12.5 Å². The van der Waals surface area contributed by atoms with Crippen LogP contribution in [0.5, 0.6) is 0 Å². The van der Waals surface area contributed by atoms with Crippen molar-refractivity contribution >= 4 is 11.9 Å². The summed E-state index contributed by atoms with van der Waals surface area (Å²) in [6, 6.07) is 0. The third-order valence-corrected chi connectivity index (χ3v) is 2.20. The van der Waals surface area contributed by atoms with E-state index in [1.807, 2.05) is 0 Å². The van der Waals surface area contributed by atoms with Crippen molar-refractivity contribution in [2.75, 3.05) is 73.1 Å². The first kappa shape index (κ1) is 20.7. The molecule has 1 amide bonds. The number of aliphatic carboxylic acids is 1. The minimum atomic E-state index is -1.11. The van der Waals surface area contributed by atoms with Crippen molar-refractivity contribution in [1.82, 2.24) is 5.32 Å². The SMILES string of the molecule is COCCOCCOCCOCCNC(=O)COCC(=O)O. The maximum Gasteiger partial charge on any atom is 0.329 e. The van der Waals surface area contributed by atoms with Crippen LogP contribution in [0, 0.1) is 0 Å². The minimum absolute atomic E-state index is 0.279. The van der Waals surface area contributed by atoms with E-state index in [2.05, 4.69) is 10.1 Å². The van der Waals surface area contributed by atoms with Gasteiger partial charge in [-0.2, -0.15) is 0 Å². The van der Waals surface area contributed by atoms with Crippen LogP contribution >= 0.6 is 0 Å². The van der Waals surface area contributed by atoms with Crippen LogP contribution in [0.2, 0.25) is 0 Å². The Morgan fingerprint density at radius 1 is 0.818 bits per heavy atom. The molecule has 0 aromatic rings. The van der Waals surface area contributed by atoms with Gasteiger partial charge in [-0.05, 0) is 0 Å². The van der Waals surface area contributed by atoms with Gasteiger partial charge in [-0.25, -0.2) is 4.79 Å². The highest BCUT2D eigenvalue weighted by Crippen LogP contribution is 1.82. The summed E-state index contributed by atoms with van der Waals surface area (Å²) in [5, 5.41) is 10.8.